The van der Waals surface area contributed by atoms with E-state index in [1.165, 1.54) is 0 Å². The molecule has 0 aromatic heterocycles. The van der Waals surface area contributed by atoms with Crippen LogP contribution in [-0.2, 0) is 25.7 Å². The molecule has 0 aliphatic carbocycles. The monoisotopic (exact) mass is 235 g/mol. The van der Waals surface area contributed by atoms with E-state index in [9.17, 15) is 14.4 Å². The van der Waals surface area contributed by atoms with E-state index in [2.05, 4.69) is 4.74 Å². The van der Waals surface area contributed by atoms with Gasteiger partial charge in [0.1, 0.15) is 6.61 Å². The first-order valence-electron chi connectivity index (χ1n) is 4.89. The summed E-state index contributed by atoms with van der Waals surface area (Å²) in [7, 11) is 0. The lowest BCUT2D eigenvalue weighted by Crippen LogP contribution is -2.32. The lowest BCUT2D eigenvalue weighted by Gasteiger charge is -2.07. The SMILES string of the molecule is O=C1NC(=O)C(C(=O)OCc2ccccc2)O1. The Kier molecular flexibility index (Phi) is 3.04. The molecule has 17 heavy (non-hydrogen) atoms. The Bertz CT molecular complexity index is 456. The van der Waals surface area contributed by atoms with E-state index in [1.54, 1.807) is 24.3 Å². The number of alkyl carbamates (subject to hydrolysis) is 1. The second-order valence-electron chi connectivity index (χ2n) is 3.37. The molecule has 1 aromatic carbocycles. The van der Waals surface area contributed by atoms with Gasteiger partial charge in [0.05, 0.1) is 0 Å². The maximum atomic E-state index is 11.4. The molecule has 1 heterocycles. The first kappa shape index (κ1) is 11.1. The molecule has 1 atom stereocenters. The summed E-state index contributed by atoms with van der Waals surface area (Å²) >= 11 is 0. The van der Waals surface area contributed by atoms with Crippen LogP contribution in [0.25, 0.3) is 0 Å². The zero-order valence-corrected chi connectivity index (χ0v) is 8.71. The lowest BCUT2D eigenvalue weighted by atomic mass is 10.2. The second kappa shape index (κ2) is 4.65. The Morgan fingerprint density at radius 2 is 2.00 bits per heavy atom. The van der Waals surface area contributed by atoms with Crippen LogP contribution in [0, 0.1) is 0 Å². The highest BCUT2D eigenvalue weighted by atomic mass is 16.6. The highest BCUT2D eigenvalue weighted by Gasteiger charge is 2.39. The number of carbonyl (C=O) groups excluding carboxylic acids is 3. The molecule has 1 saturated heterocycles. The smallest absolute Gasteiger partial charge is 0.415 e. The van der Waals surface area contributed by atoms with Gasteiger partial charge in [0.2, 0.25) is 0 Å². The lowest BCUT2D eigenvalue weighted by molar-refractivity contribution is -0.156. The fourth-order valence-corrected chi connectivity index (χ4v) is 1.32. The summed E-state index contributed by atoms with van der Waals surface area (Å²) in [6.07, 6.45) is -2.43. The Balaban J connectivity index is 1.90. The Morgan fingerprint density at radius 1 is 1.29 bits per heavy atom. The number of hydrogen-bond acceptors (Lipinski definition) is 5. The molecule has 1 fully saturated rings. The molecule has 6 nitrogen and oxygen atoms in total. The third-order valence-corrected chi connectivity index (χ3v) is 2.13. The predicted molar refractivity (Wildman–Crippen MR) is 54.6 cm³/mol. The molecule has 0 radical (unpaired) electrons. The van der Waals surface area contributed by atoms with Crippen LogP contribution in [-0.4, -0.2) is 24.1 Å². The number of amides is 2. The van der Waals surface area contributed by atoms with Gasteiger partial charge in [-0.05, 0) is 5.56 Å². The maximum absolute atomic E-state index is 11.4. The van der Waals surface area contributed by atoms with Gasteiger partial charge in [-0.1, -0.05) is 30.3 Å². The average Bonchev–Trinajstić information content (AvgIpc) is 2.67. The molecule has 1 aromatic rings. The molecular formula is C11H9NO5. The van der Waals surface area contributed by atoms with Crippen LogP contribution >= 0.6 is 0 Å². The highest BCUT2D eigenvalue weighted by Crippen LogP contribution is 2.07. The molecular weight excluding hydrogens is 226 g/mol. The summed E-state index contributed by atoms with van der Waals surface area (Å²) in [6.45, 7) is 0.0288. The summed E-state index contributed by atoms with van der Waals surface area (Å²) in [6, 6.07) is 8.97. The maximum Gasteiger partial charge on any atom is 0.415 e. The van der Waals surface area contributed by atoms with Crippen molar-refractivity contribution in [1.29, 1.82) is 0 Å². The molecule has 1 aliphatic heterocycles. The van der Waals surface area contributed by atoms with Crippen molar-refractivity contribution >= 4 is 18.0 Å². The molecule has 1 aliphatic rings. The molecule has 1 unspecified atom stereocenters. The van der Waals surface area contributed by atoms with Crippen molar-refractivity contribution < 1.29 is 23.9 Å². The second-order valence-corrected chi connectivity index (χ2v) is 3.37. The van der Waals surface area contributed by atoms with E-state index in [1.807, 2.05) is 11.4 Å². The van der Waals surface area contributed by atoms with Crippen LogP contribution in [0.5, 0.6) is 0 Å². The number of cyclic esters (lactones) is 1. The van der Waals surface area contributed by atoms with E-state index < -0.39 is 24.1 Å². The van der Waals surface area contributed by atoms with E-state index in [0.29, 0.717) is 0 Å². The molecule has 6 heteroatoms. The third-order valence-electron chi connectivity index (χ3n) is 2.13. The first-order valence-corrected chi connectivity index (χ1v) is 4.89. The average molecular weight is 235 g/mol. The van der Waals surface area contributed by atoms with Crippen molar-refractivity contribution in [2.45, 2.75) is 12.7 Å². The van der Waals surface area contributed by atoms with Gasteiger partial charge < -0.3 is 9.47 Å². The van der Waals surface area contributed by atoms with Crippen molar-refractivity contribution in [3.05, 3.63) is 35.9 Å². The standard InChI is InChI=1S/C11H9NO5/c13-9-8(17-11(15)12-9)10(14)16-6-7-4-2-1-3-5-7/h1-5,8H,6H2,(H,12,13,15). The van der Waals surface area contributed by atoms with Crippen LogP contribution in [0.15, 0.2) is 30.3 Å². The van der Waals surface area contributed by atoms with Crippen molar-refractivity contribution in [3.8, 4) is 0 Å². The van der Waals surface area contributed by atoms with Gasteiger partial charge in [-0.3, -0.25) is 10.1 Å². The summed E-state index contributed by atoms with van der Waals surface area (Å²) in [5.41, 5.74) is 0.783. The van der Waals surface area contributed by atoms with E-state index in [0.717, 1.165) is 5.56 Å². The normalized spacial score (nSPS) is 18.5. The zero-order valence-electron chi connectivity index (χ0n) is 8.71. The summed E-state index contributed by atoms with van der Waals surface area (Å²) < 4.78 is 9.30. The van der Waals surface area contributed by atoms with Crippen LogP contribution in [0.3, 0.4) is 0 Å². The third kappa shape index (κ3) is 2.60. The molecule has 0 bridgehead atoms. The Labute approximate surface area is 96.5 Å². The topological polar surface area (TPSA) is 81.7 Å². The number of esters is 1. The minimum atomic E-state index is -1.49. The van der Waals surface area contributed by atoms with Crippen LogP contribution in [0.2, 0.25) is 0 Å². The van der Waals surface area contributed by atoms with Crippen LogP contribution < -0.4 is 5.32 Å². The first-order chi connectivity index (χ1) is 8.16. The Morgan fingerprint density at radius 3 is 2.59 bits per heavy atom. The number of rotatable bonds is 3. The zero-order chi connectivity index (χ0) is 12.3. The van der Waals surface area contributed by atoms with Gasteiger partial charge in [0.25, 0.3) is 12.0 Å². The molecule has 2 rings (SSSR count). The number of hydrogen-bond donors (Lipinski definition) is 1. The summed E-state index contributed by atoms with van der Waals surface area (Å²) in [5, 5.41) is 1.85. The molecule has 88 valence electrons. The van der Waals surface area contributed by atoms with Crippen LogP contribution in [0.4, 0.5) is 4.79 Å². The highest BCUT2D eigenvalue weighted by molar-refractivity contribution is 6.11. The predicted octanol–water partition coefficient (Wildman–Crippen LogP) is 0.365. The largest absolute Gasteiger partial charge is 0.458 e. The number of ether oxygens (including phenoxy) is 2. The van der Waals surface area contributed by atoms with Crippen LogP contribution in [0.1, 0.15) is 5.56 Å². The minimum absolute atomic E-state index is 0.0288. The van der Waals surface area contributed by atoms with Crippen molar-refractivity contribution in [3.63, 3.8) is 0 Å². The molecule has 0 saturated carbocycles. The number of nitrogens with one attached hydrogen (secondary N) is 1. The number of carbonyl (C=O) groups is 3. The quantitative estimate of drug-likeness (QED) is 0.604. The molecule has 0 spiro atoms. The van der Waals surface area contributed by atoms with Crippen molar-refractivity contribution in [1.82, 2.24) is 5.32 Å². The van der Waals surface area contributed by atoms with E-state index >= 15 is 0 Å². The van der Waals surface area contributed by atoms with E-state index in [4.69, 9.17) is 4.74 Å². The fraction of sp³-hybridized carbons (Fsp3) is 0.182. The summed E-state index contributed by atoms with van der Waals surface area (Å²) in [5.74, 6) is -1.68. The van der Waals surface area contributed by atoms with Gasteiger partial charge in [-0.25, -0.2) is 9.59 Å². The fourth-order valence-electron chi connectivity index (χ4n) is 1.32. The molecule has 2 amide bonds. The van der Waals surface area contributed by atoms with Gasteiger partial charge in [-0.2, -0.15) is 0 Å². The molecule has 1 N–H and O–H groups in total. The van der Waals surface area contributed by atoms with Crippen molar-refractivity contribution in [2.24, 2.45) is 0 Å². The minimum Gasteiger partial charge on any atom is -0.458 e. The van der Waals surface area contributed by atoms with Gasteiger partial charge in [0, 0.05) is 0 Å². The van der Waals surface area contributed by atoms with E-state index in [-0.39, 0.29) is 6.61 Å². The van der Waals surface area contributed by atoms with Crippen molar-refractivity contribution in [2.75, 3.05) is 0 Å². The van der Waals surface area contributed by atoms with Gasteiger partial charge in [-0.15, -0.1) is 0 Å². The van der Waals surface area contributed by atoms with Gasteiger partial charge >= 0.3 is 12.1 Å². The Hall–Kier alpha value is -2.37. The van der Waals surface area contributed by atoms with Gasteiger partial charge in [0.15, 0.2) is 0 Å². The number of imide groups is 1. The number of benzene rings is 1. The summed E-state index contributed by atoms with van der Waals surface area (Å²) in [4.78, 5) is 33.2.